The summed E-state index contributed by atoms with van der Waals surface area (Å²) in [6.07, 6.45) is 6.53. The van der Waals surface area contributed by atoms with Gasteiger partial charge in [-0.3, -0.25) is 4.79 Å². The summed E-state index contributed by atoms with van der Waals surface area (Å²) in [4.78, 5) is 26.4. The molecule has 0 spiro atoms. The number of nitrogens with zero attached hydrogens (tertiary/aromatic N) is 1. The number of hydrogen-bond donors (Lipinski definition) is 2. The second kappa shape index (κ2) is 11.5. The van der Waals surface area contributed by atoms with E-state index in [1.165, 1.54) is 36.6 Å². The summed E-state index contributed by atoms with van der Waals surface area (Å²) >= 11 is 0. The maximum Gasteiger partial charge on any atom is 0.328 e. The van der Waals surface area contributed by atoms with Crippen LogP contribution in [0.3, 0.4) is 0 Å². The Morgan fingerprint density at radius 1 is 0.943 bits per heavy atom. The normalized spacial score (nSPS) is 14.6. The number of carbonyl (C=O) groups excluding carboxylic acids is 1. The maximum atomic E-state index is 13.2. The number of amides is 1. The van der Waals surface area contributed by atoms with Crippen molar-refractivity contribution in [2.45, 2.75) is 38.6 Å². The third kappa shape index (κ3) is 6.60. The highest BCUT2D eigenvalue weighted by atomic mass is 16.4. The van der Waals surface area contributed by atoms with Gasteiger partial charge in [-0.05, 0) is 55.0 Å². The van der Waals surface area contributed by atoms with Gasteiger partial charge in [-0.15, -0.1) is 0 Å². The highest BCUT2D eigenvalue weighted by Gasteiger charge is 2.23. The molecule has 1 atom stereocenters. The van der Waals surface area contributed by atoms with Gasteiger partial charge in [0.05, 0.1) is 12.5 Å². The molecule has 0 aromatic heterocycles. The van der Waals surface area contributed by atoms with E-state index in [9.17, 15) is 9.59 Å². The second-order valence-electron chi connectivity index (χ2n) is 9.11. The van der Waals surface area contributed by atoms with Crippen molar-refractivity contribution in [3.8, 4) is 0 Å². The minimum Gasteiger partial charge on any atom is -0.478 e. The Labute approximate surface area is 207 Å². The van der Waals surface area contributed by atoms with Crippen LogP contribution in [-0.4, -0.2) is 30.1 Å². The van der Waals surface area contributed by atoms with Gasteiger partial charge in [0.15, 0.2) is 0 Å². The molecular weight excluding hydrogens is 436 g/mol. The summed E-state index contributed by atoms with van der Waals surface area (Å²) in [5.74, 6) is -1.04. The van der Waals surface area contributed by atoms with Gasteiger partial charge in [-0.25, -0.2) is 4.79 Å². The van der Waals surface area contributed by atoms with Crippen LogP contribution in [0.15, 0.2) is 78.9 Å². The second-order valence-corrected chi connectivity index (χ2v) is 9.11. The molecule has 0 radical (unpaired) electrons. The molecule has 1 amide bonds. The van der Waals surface area contributed by atoms with E-state index in [0.717, 1.165) is 41.4 Å². The van der Waals surface area contributed by atoms with Gasteiger partial charge in [0.1, 0.15) is 0 Å². The van der Waals surface area contributed by atoms with Crippen molar-refractivity contribution in [2.75, 3.05) is 18.0 Å². The summed E-state index contributed by atoms with van der Waals surface area (Å²) < 4.78 is 0. The molecule has 0 saturated carbocycles. The van der Waals surface area contributed by atoms with Gasteiger partial charge in [0.2, 0.25) is 5.91 Å². The van der Waals surface area contributed by atoms with Gasteiger partial charge < -0.3 is 15.3 Å². The van der Waals surface area contributed by atoms with Crippen LogP contribution in [0.4, 0.5) is 5.69 Å². The van der Waals surface area contributed by atoms with Crippen LogP contribution >= 0.6 is 0 Å². The third-order valence-electron chi connectivity index (χ3n) is 6.42. The number of carboxylic acids is 1. The van der Waals surface area contributed by atoms with Crippen molar-refractivity contribution in [1.82, 2.24) is 5.32 Å². The molecule has 3 aromatic carbocycles. The van der Waals surface area contributed by atoms with E-state index in [1.807, 2.05) is 30.3 Å². The van der Waals surface area contributed by atoms with E-state index in [2.05, 4.69) is 59.6 Å². The number of nitrogens with one attached hydrogen (secondary N) is 1. The van der Waals surface area contributed by atoms with E-state index >= 15 is 0 Å². The Morgan fingerprint density at radius 2 is 1.63 bits per heavy atom. The number of aryl methyl sites for hydroxylation is 1. The number of anilines is 1. The number of para-hydroxylation sites is 1. The van der Waals surface area contributed by atoms with Crippen LogP contribution in [0.25, 0.3) is 6.08 Å². The van der Waals surface area contributed by atoms with Crippen LogP contribution < -0.4 is 10.2 Å². The lowest BCUT2D eigenvalue weighted by molar-refractivity contribution is -0.131. The SMILES string of the molecule is Cc1ccc(C(NC(=O)Cc2ccc(C=CC(=O)O)cc2)c2ccccc2N2CCCCC2)cc1. The molecule has 35 heavy (non-hydrogen) atoms. The summed E-state index contributed by atoms with van der Waals surface area (Å²) in [7, 11) is 0. The Bertz CT molecular complexity index is 1180. The van der Waals surface area contributed by atoms with Crippen molar-refractivity contribution in [3.05, 3.63) is 107 Å². The maximum absolute atomic E-state index is 13.2. The largest absolute Gasteiger partial charge is 0.478 e. The smallest absolute Gasteiger partial charge is 0.328 e. The molecule has 3 aromatic rings. The molecule has 4 rings (SSSR count). The highest BCUT2D eigenvalue weighted by Crippen LogP contribution is 2.32. The lowest BCUT2D eigenvalue weighted by Crippen LogP contribution is -2.34. The van der Waals surface area contributed by atoms with Gasteiger partial charge in [0.25, 0.3) is 0 Å². The molecule has 0 bridgehead atoms. The lowest BCUT2D eigenvalue weighted by atomic mass is 9.94. The zero-order valence-electron chi connectivity index (χ0n) is 20.1. The molecule has 0 aliphatic carbocycles. The zero-order chi connectivity index (χ0) is 24.6. The molecule has 180 valence electrons. The van der Waals surface area contributed by atoms with Crippen molar-refractivity contribution in [1.29, 1.82) is 0 Å². The Balaban J connectivity index is 1.57. The number of carboxylic acid groups (broad SMARTS) is 1. The lowest BCUT2D eigenvalue weighted by Gasteiger charge is -2.33. The first kappa shape index (κ1) is 24.3. The number of rotatable bonds is 8. The van der Waals surface area contributed by atoms with E-state index in [1.54, 1.807) is 0 Å². The van der Waals surface area contributed by atoms with Gasteiger partial charge in [-0.2, -0.15) is 0 Å². The molecule has 1 unspecified atom stereocenters. The van der Waals surface area contributed by atoms with Crippen molar-refractivity contribution < 1.29 is 14.7 Å². The first-order valence-electron chi connectivity index (χ1n) is 12.2. The number of benzene rings is 3. The van der Waals surface area contributed by atoms with E-state index in [0.29, 0.717) is 0 Å². The standard InChI is InChI=1S/C30H32N2O3/c1-22-9-16-25(17-10-22)30(26-7-3-4-8-27(26)32-19-5-2-6-20-32)31-28(33)21-24-13-11-23(12-14-24)15-18-29(34)35/h3-4,7-18,30H,2,5-6,19-21H2,1H3,(H,31,33)(H,34,35). The first-order chi connectivity index (χ1) is 17.0. The van der Waals surface area contributed by atoms with Crippen LogP contribution in [0.5, 0.6) is 0 Å². The minimum absolute atomic E-state index is 0.0575. The van der Waals surface area contributed by atoms with Crippen LogP contribution in [0.2, 0.25) is 0 Å². The topological polar surface area (TPSA) is 69.6 Å². The molecule has 1 aliphatic heterocycles. The predicted molar refractivity (Wildman–Crippen MR) is 140 cm³/mol. The Kier molecular flexibility index (Phi) is 7.99. The van der Waals surface area contributed by atoms with Gasteiger partial charge in [-0.1, -0.05) is 72.3 Å². The molecular formula is C30H32N2O3. The summed E-state index contributed by atoms with van der Waals surface area (Å²) in [5, 5.41) is 12.1. The van der Waals surface area contributed by atoms with Crippen LogP contribution in [0.1, 0.15) is 53.1 Å². The summed E-state index contributed by atoms with van der Waals surface area (Å²) in [5.41, 5.74) is 6.20. The van der Waals surface area contributed by atoms with Crippen LogP contribution in [0, 0.1) is 6.92 Å². The van der Waals surface area contributed by atoms with Crippen LogP contribution in [-0.2, 0) is 16.0 Å². The van der Waals surface area contributed by atoms with Gasteiger partial charge >= 0.3 is 5.97 Å². The molecule has 1 aliphatic rings. The average Bonchev–Trinajstić information content (AvgIpc) is 2.88. The van der Waals surface area contributed by atoms with E-state index in [4.69, 9.17) is 5.11 Å². The fourth-order valence-electron chi connectivity index (χ4n) is 4.57. The number of carbonyl (C=O) groups is 2. The highest BCUT2D eigenvalue weighted by molar-refractivity contribution is 5.85. The summed E-state index contributed by atoms with van der Waals surface area (Å²) in [6.45, 7) is 4.14. The number of aliphatic carboxylic acids is 1. The van der Waals surface area contributed by atoms with Crippen molar-refractivity contribution >= 4 is 23.6 Å². The Morgan fingerprint density at radius 3 is 2.31 bits per heavy atom. The van der Waals surface area contributed by atoms with Crippen molar-refractivity contribution in [3.63, 3.8) is 0 Å². The van der Waals surface area contributed by atoms with E-state index in [-0.39, 0.29) is 18.4 Å². The summed E-state index contributed by atoms with van der Waals surface area (Å²) in [6, 6.07) is 23.9. The van der Waals surface area contributed by atoms with E-state index < -0.39 is 5.97 Å². The zero-order valence-corrected chi connectivity index (χ0v) is 20.1. The Hall–Kier alpha value is -3.86. The fraction of sp³-hybridized carbons (Fsp3) is 0.267. The minimum atomic E-state index is -0.986. The number of piperidine rings is 1. The first-order valence-corrected chi connectivity index (χ1v) is 12.2. The van der Waals surface area contributed by atoms with Crippen molar-refractivity contribution in [2.24, 2.45) is 0 Å². The molecule has 5 heteroatoms. The third-order valence-corrected chi connectivity index (χ3v) is 6.42. The fourth-order valence-corrected chi connectivity index (χ4v) is 4.57. The molecule has 1 heterocycles. The van der Waals surface area contributed by atoms with Gasteiger partial charge in [0, 0.05) is 30.4 Å². The number of hydrogen-bond acceptors (Lipinski definition) is 3. The predicted octanol–water partition coefficient (Wildman–Crippen LogP) is 5.53. The molecule has 1 fully saturated rings. The molecule has 1 saturated heterocycles. The average molecular weight is 469 g/mol. The monoisotopic (exact) mass is 468 g/mol. The molecule has 5 nitrogen and oxygen atoms in total. The molecule has 2 N–H and O–H groups in total. The quantitative estimate of drug-likeness (QED) is 0.427.